The van der Waals surface area contributed by atoms with Crippen LogP contribution in [-0.2, 0) is 17.6 Å². The molecule has 0 radical (unpaired) electrons. The molecule has 1 aromatic heterocycles. The highest BCUT2D eigenvalue weighted by atomic mass is 16.5. The second-order valence-corrected chi connectivity index (χ2v) is 4.50. The van der Waals surface area contributed by atoms with Crippen molar-refractivity contribution in [1.82, 2.24) is 10.2 Å². The molecule has 1 aliphatic carbocycles. The number of rotatable bonds is 4. The lowest BCUT2D eigenvalue weighted by atomic mass is 9.90. The van der Waals surface area contributed by atoms with Crippen LogP contribution in [0.2, 0.25) is 0 Å². The van der Waals surface area contributed by atoms with Gasteiger partial charge < -0.3 is 10.1 Å². The molecule has 0 fully saturated rings. The summed E-state index contributed by atoms with van der Waals surface area (Å²) in [4.78, 5) is 0. The van der Waals surface area contributed by atoms with Crippen molar-refractivity contribution in [3.63, 3.8) is 0 Å². The molecule has 0 amide bonds. The Hall–Kier alpha value is -1.81. The van der Waals surface area contributed by atoms with Crippen molar-refractivity contribution in [2.24, 2.45) is 0 Å². The normalized spacial score (nSPS) is 12.9. The van der Waals surface area contributed by atoms with E-state index in [4.69, 9.17) is 4.74 Å². The zero-order chi connectivity index (χ0) is 12.4. The lowest BCUT2D eigenvalue weighted by Gasteiger charge is -2.16. The van der Waals surface area contributed by atoms with E-state index in [-0.39, 0.29) is 0 Å². The van der Waals surface area contributed by atoms with E-state index < -0.39 is 0 Å². The van der Waals surface area contributed by atoms with Crippen LogP contribution in [0.1, 0.15) is 11.1 Å². The summed E-state index contributed by atoms with van der Waals surface area (Å²) in [7, 11) is 1.71. The van der Waals surface area contributed by atoms with Crippen LogP contribution >= 0.6 is 0 Å². The molecule has 0 spiro atoms. The zero-order valence-corrected chi connectivity index (χ0v) is 10.5. The minimum absolute atomic E-state index is 0.693. The summed E-state index contributed by atoms with van der Waals surface area (Å²) in [6, 6.07) is 8.52. The number of methoxy groups -OCH3 is 1. The first-order valence-corrected chi connectivity index (χ1v) is 6.28. The molecular formula is C14H17N3O. The molecular weight excluding hydrogens is 226 g/mol. The first-order chi connectivity index (χ1) is 8.90. The Labute approximate surface area is 106 Å². The van der Waals surface area contributed by atoms with Gasteiger partial charge in [-0.15, -0.1) is 0 Å². The summed E-state index contributed by atoms with van der Waals surface area (Å²) < 4.78 is 5.04. The summed E-state index contributed by atoms with van der Waals surface area (Å²) in [5.74, 6) is 0.969. The molecule has 0 unspecified atom stereocenters. The van der Waals surface area contributed by atoms with Gasteiger partial charge in [0.25, 0.3) is 0 Å². The molecule has 0 atom stereocenters. The van der Waals surface area contributed by atoms with Crippen LogP contribution in [0.4, 0.5) is 5.82 Å². The zero-order valence-electron chi connectivity index (χ0n) is 10.5. The molecule has 3 rings (SSSR count). The number of fused-ring (bicyclic) bond motifs is 3. The lowest BCUT2D eigenvalue weighted by molar-refractivity contribution is 0.210. The number of anilines is 1. The van der Waals surface area contributed by atoms with E-state index in [1.807, 2.05) is 0 Å². The Bertz CT molecular complexity index is 548. The minimum atomic E-state index is 0.693. The monoisotopic (exact) mass is 243 g/mol. The first kappa shape index (κ1) is 11.3. The van der Waals surface area contributed by atoms with Gasteiger partial charge in [0.1, 0.15) is 0 Å². The van der Waals surface area contributed by atoms with E-state index in [1.54, 1.807) is 7.11 Å². The predicted molar refractivity (Wildman–Crippen MR) is 71.8 cm³/mol. The lowest BCUT2D eigenvalue weighted by Crippen LogP contribution is -2.10. The number of benzene rings is 1. The third kappa shape index (κ3) is 1.88. The van der Waals surface area contributed by atoms with Crippen LogP contribution in [0.5, 0.6) is 0 Å². The number of H-pyrrole nitrogens is 1. The van der Waals surface area contributed by atoms with Gasteiger partial charge in [-0.3, -0.25) is 5.10 Å². The summed E-state index contributed by atoms with van der Waals surface area (Å²) >= 11 is 0. The number of hydrogen-bond acceptors (Lipinski definition) is 3. The Kier molecular flexibility index (Phi) is 3.02. The molecule has 1 aromatic carbocycles. The standard InChI is InChI=1S/C14H17N3O/c1-18-9-8-15-14-12-7-6-10-4-2-3-5-11(10)13(12)16-17-14/h2-5H,6-9H2,1H3,(H2,15,16,17). The molecule has 4 nitrogen and oxygen atoms in total. The average molecular weight is 243 g/mol. The number of ether oxygens (including phenoxy) is 1. The van der Waals surface area contributed by atoms with Crippen LogP contribution in [0.25, 0.3) is 11.3 Å². The SMILES string of the molecule is COCCNc1n[nH]c2c1CCc1ccccc1-2. The molecule has 18 heavy (non-hydrogen) atoms. The molecule has 94 valence electrons. The Balaban J connectivity index is 1.90. The summed E-state index contributed by atoms with van der Waals surface area (Å²) in [6.45, 7) is 1.48. The Morgan fingerprint density at radius 3 is 3.11 bits per heavy atom. The van der Waals surface area contributed by atoms with Gasteiger partial charge in [-0.05, 0) is 18.4 Å². The van der Waals surface area contributed by atoms with Crippen LogP contribution < -0.4 is 5.32 Å². The fraction of sp³-hybridized carbons (Fsp3) is 0.357. The fourth-order valence-corrected chi connectivity index (χ4v) is 2.49. The molecule has 2 N–H and O–H groups in total. The molecule has 0 bridgehead atoms. The molecule has 1 aliphatic rings. The van der Waals surface area contributed by atoms with Gasteiger partial charge in [0.2, 0.25) is 0 Å². The highest BCUT2D eigenvalue weighted by molar-refractivity contribution is 5.74. The molecule has 4 heteroatoms. The smallest absolute Gasteiger partial charge is 0.151 e. The van der Waals surface area contributed by atoms with E-state index >= 15 is 0 Å². The molecule has 0 saturated carbocycles. The third-order valence-corrected chi connectivity index (χ3v) is 3.40. The summed E-state index contributed by atoms with van der Waals surface area (Å²) in [6.07, 6.45) is 2.12. The van der Waals surface area contributed by atoms with Gasteiger partial charge >= 0.3 is 0 Å². The number of aryl methyl sites for hydroxylation is 1. The number of nitrogens with one attached hydrogen (secondary N) is 2. The van der Waals surface area contributed by atoms with Crippen molar-refractivity contribution < 1.29 is 4.74 Å². The maximum Gasteiger partial charge on any atom is 0.151 e. The van der Waals surface area contributed by atoms with Gasteiger partial charge in [-0.1, -0.05) is 24.3 Å². The molecule has 0 saturated heterocycles. The molecule has 2 aromatic rings. The number of nitrogens with zero attached hydrogens (tertiary/aromatic N) is 1. The average Bonchev–Trinajstić information content (AvgIpc) is 2.83. The van der Waals surface area contributed by atoms with E-state index in [1.165, 1.54) is 16.7 Å². The first-order valence-electron chi connectivity index (χ1n) is 6.28. The highest BCUT2D eigenvalue weighted by Gasteiger charge is 2.20. The van der Waals surface area contributed by atoms with Crippen molar-refractivity contribution in [3.8, 4) is 11.3 Å². The fourth-order valence-electron chi connectivity index (χ4n) is 2.49. The number of aromatic amines is 1. The van der Waals surface area contributed by atoms with Gasteiger partial charge in [0, 0.05) is 24.8 Å². The second kappa shape index (κ2) is 4.82. The number of hydrogen-bond donors (Lipinski definition) is 2. The van der Waals surface area contributed by atoms with Crippen molar-refractivity contribution in [1.29, 1.82) is 0 Å². The second-order valence-electron chi connectivity index (χ2n) is 4.50. The van der Waals surface area contributed by atoms with Gasteiger partial charge in [0.05, 0.1) is 12.3 Å². The number of aromatic nitrogens is 2. The highest BCUT2D eigenvalue weighted by Crippen LogP contribution is 2.34. The van der Waals surface area contributed by atoms with Crippen LogP contribution in [0.15, 0.2) is 24.3 Å². The maximum absolute atomic E-state index is 5.04. The van der Waals surface area contributed by atoms with E-state index in [0.717, 1.165) is 30.9 Å². The van der Waals surface area contributed by atoms with Crippen LogP contribution in [0, 0.1) is 0 Å². The van der Waals surface area contributed by atoms with Crippen molar-refractivity contribution in [2.75, 3.05) is 25.6 Å². The minimum Gasteiger partial charge on any atom is -0.383 e. The van der Waals surface area contributed by atoms with Gasteiger partial charge in [0.15, 0.2) is 5.82 Å². The maximum atomic E-state index is 5.04. The van der Waals surface area contributed by atoms with E-state index in [2.05, 4.69) is 39.8 Å². The van der Waals surface area contributed by atoms with Crippen molar-refractivity contribution in [2.45, 2.75) is 12.8 Å². The summed E-state index contributed by atoms with van der Waals surface area (Å²) in [5.41, 5.74) is 5.14. The van der Waals surface area contributed by atoms with Crippen LogP contribution in [-0.4, -0.2) is 30.5 Å². The molecule has 0 aliphatic heterocycles. The largest absolute Gasteiger partial charge is 0.383 e. The predicted octanol–water partition coefficient (Wildman–Crippen LogP) is 2.23. The quantitative estimate of drug-likeness (QED) is 0.810. The van der Waals surface area contributed by atoms with Crippen molar-refractivity contribution in [3.05, 3.63) is 35.4 Å². The van der Waals surface area contributed by atoms with E-state index in [9.17, 15) is 0 Å². The van der Waals surface area contributed by atoms with Crippen molar-refractivity contribution >= 4 is 5.82 Å². The van der Waals surface area contributed by atoms with E-state index in [0.29, 0.717) is 6.61 Å². The topological polar surface area (TPSA) is 49.9 Å². The van der Waals surface area contributed by atoms with Gasteiger partial charge in [-0.25, -0.2) is 0 Å². The van der Waals surface area contributed by atoms with Gasteiger partial charge in [-0.2, -0.15) is 5.10 Å². The molecule has 1 heterocycles. The Morgan fingerprint density at radius 1 is 1.33 bits per heavy atom. The van der Waals surface area contributed by atoms with Crippen LogP contribution in [0.3, 0.4) is 0 Å². The third-order valence-electron chi connectivity index (χ3n) is 3.40. The Morgan fingerprint density at radius 2 is 2.22 bits per heavy atom. The summed E-state index contributed by atoms with van der Waals surface area (Å²) in [5, 5.41) is 10.9.